The van der Waals surface area contributed by atoms with E-state index in [1.165, 1.54) is 0 Å². The van der Waals surface area contributed by atoms with Crippen LogP contribution in [0.25, 0.3) is 22.2 Å². The molecule has 2 atom stereocenters. The molecule has 2 aromatic heterocycles. The summed E-state index contributed by atoms with van der Waals surface area (Å²) in [7, 11) is 0. The Hall–Kier alpha value is -2.66. The summed E-state index contributed by atoms with van der Waals surface area (Å²) >= 11 is 0. The number of aromatic nitrogens is 1. The monoisotopic (exact) mass is 322 g/mol. The Balaban J connectivity index is 1.54. The fourth-order valence-electron chi connectivity index (χ4n) is 3.26. The Kier molecular flexibility index (Phi) is 3.78. The van der Waals surface area contributed by atoms with E-state index in [0.717, 1.165) is 35.1 Å². The number of nitrogens with one attached hydrogen (secondary N) is 1. The van der Waals surface area contributed by atoms with Crippen LogP contribution in [0.15, 0.2) is 53.3 Å². The molecule has 3 aromatic rings. The molecular weight excluding hydrogens is 304 g/mol. The van der Waals surface area contributed by atoms with Gasteiger partial charge in [-0.25, -0.2) is 0 Å². The predicted molar refractivity (Wildman–Crippen MR) is 90.6 cm³/mol. The van der Waals surface area contributed by atoms with Crippen molar-refractivity contribution in [3.63, 3.8) is 0 Å². The van der Waals surface area contributed by atoms with Gasteiger partial charge in [-0.1, -0.05) is 12.1 Å². The lowest BCUT2D eigenvalue weighted by atomic mass is 10.1. The number of hydrogen-bond acceptors (Lipinski definition) is 4. The van der Waals surface area contributed by atoms with Crippen LogP contribution in [0.4, 0.5) is 0 Å². The molecule has 1 aromatic carbocycles. The number of fused-ring (bicyclic) bond motifs is 1. The zero-order valence-electron chi connectivity index (χ0n) is 13.1. The van der Waals surface area contributed by atoms with Crippen molar-refractivity contribution in [2.24, 2.45) is 0 Å². The van der Waals surface area contributed by atoms with E-state index in [-0.39, 0.29) is 18.1 Å². The molecule has 0 aliphatic heterocycles. The van der Waals surface area contributed by atoms with Gasteiger partial charge in [0.05, 0.1) is 18.1 Å². The van der Waals surface area contributed by atoms with Crippen LogP contribution >= 0.6 is 0 Å². The maximum atomic E-state index is 12.3. The number of carbonyl (C=O) groups is 1. The van der Waals surface area contributed by atoms with Gasteiger partial charge in [0.15, 0.2) is 0 Å². The first-order valence-corrected chi connectivity index (χ1v) is 8.12. The highest BCUT2D eigenvalue weighted by Gasteiger charge is 2.24. The molecule has 0 bridgehead atoms. The largest absolute Gasteiger partial charge is 0.464 e. The van der Waals surface area contributed by atoms with E-state index in [2.05, 4.69) is 10.3 Å². The number of hydrogen-bond donors (Lipinski definition) is 2. The third-order valence-corrected chi connectivity index (χ3v) is 4.54. The smallest absolute Gasteiger partial charge is 0.251 e. The summed E-state index contributed by atoms with van der Waals surface area (Å²) in [6.07, 6.45) is 5.29. The fraction of sp³-hybridized carbons (Fsp3) is 0.263. The van der Waals surface area contributed by atoms with Crippen LogP contribution in [0, 0.1) is 0 Å². The van der Waals surface area contributed by atoms with Gasteiger partial charge >= 0.3 is 0 Å². The van der Waals surface area contributed by atoms with E-state index in [4.69, 9.17) is 4.42 Å². The van der Waals surface area contributed by atoms with Crippen molar-refractivity contribution in [1.82, 2.24) is 10.3 Å². The third kappa shape index (κ3) is 2.78. The minimum atomic E-state index is -0.292. The summed E-state index contributed by atoms with van der Waals surface area (Å²) in [6, 6.07) is 11.2. The van der Waals surface area contributed by atoms with Gasteiger partial charge < -0.3 is 14.8 Å². The highest BCUT2D eigenvalue weighted by atomic mass is 16.3. The molecule has 24 heavy (non-hydrogen) atoms. The zero-order valence-corrected chi connectivity index (χ0v) is 13.1. The summed E-state index contributed by atoms with van der Waals surface area (Å²) in [5, 5.41) is 13.5. The first-order chi connectivity index (χ1) is 11.7. The number of pyridine rings is 1. The molecule has 0 spiro atoms. The van der Waals surface area contributed by atoms with Gasteiger partial charge in [0.25, 0.3) is 5.91 Å². The van der Waals surface area contributed by atoms with Gasteiger partial charge in [-0.2, -0.15) is 0 Å². The number of carbonyl (C=O) groups excluding carboxylic acids is 1. The van der Waals surface area contributed by atoms with Gasteiger partial charge in [-0.15, -0.1) is 0 Å². The number of rotatable bonds is 3. The Morgan fingerprint density at radius 2 is 2.00 bits per heavy atom. The fourth-order valence-corrected chi connectivity index (χ4v) is 3.26. The third-order valence-electron chi connectivity index (χ3n) is 4.54. The van der Waals surface area contributed by atoms with Gasteiger partial charge in [0.2, 0.25) is 0 Å². The molecule has 0 unspecified atom stereocenters. The van der Waals surface area contributed by atoms with Gasteiger partial charge in [0, 0.05) is 28.8 Å². The summed E-state index contributed by atoms with van der Waals surface area (Å²) in [5.74, 6) is -0.102. The molecule has 5 heteroatoms. The molecule has 122 valence electrons. The Morgan fingerprint density at radius 3 is 2.75 bits per heavy atom. The molecule has 0 saturated heterocycles. The highest BCUT2D eigenvalue weighted by Crippen LogP contribution is 2.27. The van der Waals surface area contributed by atoms with Crippen molar-refractivity contribution in [2.45, 2.75) is 31.4 Å². The molecule has 5 nitrogen and oxygen atoms in total. The second kappa shape index (κ2) is 6.09. The van der Waals surface area contributed by atoms with Crippen molar-refractivity contribution in [3.05, 3.63) is 54.4 Å². The molecule has 1 fully saturated rings. The predicted octanol–water partition coefficient (Wildman–Crippen LogP) is 3.14. The van der Waals surface area contributed by atoms with Crippen molar-refractivity contribution >= 4 is 16.9 Å². The lowest BCUT2D eigenvalue weighted by Crippen LogP contribution is -2.33. The lowest BCUT2D eigenvalue weighted by molar-refractivity contribution is 0.0934. The van der Waals surface area contributed by atoms with Crippen molar-refractivity contribution in [1.29, 1.82) is 0 Å². The van der Waals surface area contributed by atoms with E-state index >= 15 is 0 Å². The van der Waals surface area contributed by atoms with Gasteiger partial charge in [-0.05, 0) is 43.5 Å². The minimum absolute atomic E-state index is 0.0634. The average molecular weight is 322 g/mol. The molecule has 2 heterocycles. The SMILES string of the molecule is O=C(N[C@@H]1CC[C@@H](O)C1)c1ccc(-c2nccc3occc23)cc1. The number of benzene rings is 1. The molecule has 0 radical (unpaired) electrons. The number of aliphatic hydroxyl groups is 1. The summed E-state index contributed by atoms with van der Waals surface area (Å²) in [5.41, 5.74) is 3.18. The minimum Gasteiger partial charge on any atom is -0.464 e. The topological polar surface area (TPSA) is 75.4 Å². The molecule has 4 rings (SSSR count). The quantitative estimate of drug-likeness (QED) is 0.777. The average Bonchev–Trinajstić information content (AvgIpc) is 3.23. The first-order valence-electron chi connectivity index (χ1n) is 8.12. The van der Waals surface area contributed by atoms with Crippen LogP contribution in [-0.4, -0.2) is 28.1 Å². The number of aliphatic hydroxyl groups excluding tert-OH is 1. The molecule has 1 amide bonds. The van der Waals surface area contributed by atoms with Crippen LogP contribution in [-0.2, 0) is 0 Å². The number of furan rings is 1. The van der Waals surface area contributed by atoms with Crippen LogP contribution in [0.2, 0.25) is 0 Å². The Labute approximate surface area is 139 Å². The Bertz CT molecular complexity index is 870. The molecular formula is C19H18N2O3. The van der Waals surface area contributed by atoms with Crippen molar-refractivity contribution in [3.8, 4) is 11.3 Å². The molecule has 1 aliphatic rings. The summed E-state index contributed by atoms with van der Waals surface area (Å²) in [4.78, 5) is 16.7. The van der Waals surface area contributed by atoms with Crippen molar-refractivity contribution in [2.75, 3.05) is 0 Å². The molecule has 1 aliphatic carbocycles. The highest BCUT2D eigenvalue weighted by molar-refractivity contribution is 5.96. The van der Waals surface area contributed by atoms with Gasteiger partial charge in [0.1, 0.15) is 5.58 Å². The van der Waals surface area contributed by atoms with Crippen molar-refractivity contribution < 1.29 is 14.3 Å². The second-order valence-corrected chi connectivity index (χ2v) is 6.21. The maximum absolute atomic E-state index is 12.3. The van der Waals surface area contributed by atoms with Crippen LogP contribution < -0.4 is 5.32 Å². The molecule has 1 saturated carbocycles. The number of amides is 1. The van der Waals surface area contributed by atoms with E-state index in [1.54, 1.807) is 24.6 Å². The lowest BCUT2D eigenvalue weighted by Gasteiger charge is -2.12. The van der Waals surface area contributed by atoms with E-state index in [1.807, 2.05) is 24.3 Å². The molecule has 2 N–H and O–H groups in total. The second-order valence-electron chi connectivity index (χ2n) is 6.21. The van der Waals surface area contributed by atoms with Gasteiger partial charge in [-0.3, -0.25) is 9.78 Å². The first kappa shape index (κ1) is 14.9. The maximum Gasteiger partial charge on any atom is 0.251 e. The zero-order chi connectivity index (χ0) is 16.5. The normalized spacial score (nSPS) is 20.4. The Morgan fingerprint density at radius 1 is 1.17 bits per heavy atom. The van der Waals surface area contributed by atoms with Crippen LogP contribution in [0.5, 0.6) is 0 Å². The standard InChI is InChI=1S/C19H18N2O3/c22-15-6-5-14(11-15)21-19(23)13-3-1-12(2-4-13)18-16-8-10-24-17(16)7-9-20-18/h1-4,7-10,14-15,22H,5-6,11H2,(H,21,23)/t14-,15-/m1/s1. The van der Waals surface area contributed by atoms with Crippen LogP contribution in [0.1, 0.15) is 29.6 Å². The number of nitrogens with zero attached hydrogens (tertiary/aromatic N) is 1. The van der Waals surface area contributed by atoms with Crippen LogP contribution in [0.3, 0.4) is 0 Å². The summed E-state index contributed by atoms with van der Waals surface area (Å²) < 4.78 is 5.40. The van der Waals surface area contributed by atoms with E-state index in [9.17, 15) is 9.90 Å². The van der Waals surface area contributed by atoms with E-state index < -0.39 is 0 Å². The summed E-state index contributed by atoms with van der Waals surface area (Å²) in [6.45, 7) is 0. The van der Waals surface area contributed by atoms with E-state index in [0.29, 0.717) is 12.0 Å².